The fourth-order valence-corrected chi connectivity index (χ4v) is 4.58. The normalized spacial score (nSPS) is 15.4. The number of carbonyl (C=O) groups is 2. The molecule has 1 aliphatic rings. The van der Waals surface area contributed by atoms with Crippen molar-refractivity contribution in [2.24, 2.45) is 0 Å². The minimum atomic E-state index is -0.482. The summed E-state index contributed by atoms with van der Waals surface area (Å²) in [6.07, 6.45) is 1.75. The summed E-state index contributed by atoms with van der Waals surface area (Å²) in [6.45, 7) is 0.591. The van der Waals surface area contributed by atoms with Crippen molar-refractivity contribution in [3.05, 3.63) is 59.5 Å². The second kappa shape index (κ2) is 9.82. The van der Waals surface area contributed by atoms with Crippen molar-refractivity contribution in [2.75, 3.05) is 26.1 Å². The van der Waals surface area contributed by atoms with E-state index >= 15 is 0 Å². The Bertz CT molecular complexity index is 1100. The zero-order valence-corrected chi connectivity index (χ0v) is 18.9. The summed E-state index contributed by atoms with van der Waals surface area (Å²) in [5.74, 6) is 1.12. The summed E-state index contributed by atoms with van der Waals surface area (Å²) in [5, 5.41) is 5.24. The van der Waals surface area contributed by atoms with Crippen LogP contribution in [0.3, 0.4) is 0 Å². The summed E-state index contributed by atoms with van der Waals surface area (Å²) >= 11 is 1.33. The third-order valence-corrected chi connectivity index (χ3v) is 6.25. The largest absolute Gasteiger partial charge is 0.497 e. The quantitative estimate of drug-likeness (QED) is 0.587. The van der Waals surface area contributed by atoms with E-state index in [2.05, 4.69) is 10.3 Å². The number of benzene rings is 2. The molecular formula is C24H25N3O4S. The second-order valence-electron chi connectivity index (χ2n) is 7.50. The average molecular weight is 452 g/mol. The Hall–Kier alpha value is -3.39. The van der Waals surface area contributed by atoms with Crippen LogP contribution in [-0.2, 0) is 16.0 Å². The van der Waals surface area contributed by atoms with E-state index in [4.69, 9.17) is 9.47 Å². The maximum Gasteiger partial charge on any atom is 0.248 e. The lowest BCUT2D eigenvalue weighted by Crippen LogP contribution is -2.43. The predicted molar refractivity (Wildman–Crippen MR) is 124 cm³/mol. The summed E-state index contributed by atoms with van der Waals surface area (Å²) < 4.78 is 10.7. The van der Waals surface area contributed by atoms with Crippen molar-refractivity contribution in [2.45, 2.75) is 25.3 Å². The lowest BCUT2D eigenvalue weighted by Gasteiger charge is -2.23. The van der Waals surface area contributed by atoms with Crippen molar-refractivity contribution >= 4 is 28.3 Å². The van der Waals surface area contributed by atoms with Crippen LogP contribution in [0.4, 0.5) is 5.13 Å². The van der Waals surface area contributed by atoms with Crippen molar-refractivity contribution in [1.29, 1.82) is 0 Å². The number of amides is 2. The number of anilines is 1. The summed E-state index contributed by atoms with van der Waals surface area (Å²) in [6, 6.07) is 14.6. The summed E-state index contributed by atoms with van der Waals surface area (Å²) in [7, 11) is 3.20. The Balaban J connectivity index is 1.45. The van der Waals surface area contributed by atoms with Crippen LogP contribution in [-0.4, -0.2) is 48.5 Å². The van der Waals surface area contributed by atoms with Gasteiger partial charge < -0.3 is 19.7 Å². The Kier molecular flexibility index (Phi) is 6.70. The molecule has 1 aromatic heterocycles. The standard InChI is InChI=1S/C24H25N3O4S/c1-30-17-10-11-21(31-2)18(14-17)19-15-32-24(25-19)26-23(29)20-9-6-12-27(20)22(28)13-16-7-4-3-5-8-16/h3-5,7-8,10-11,14-15,20H,6,9,12-13H2,1-2H3,(H,25,26,29). The molecule has 2 aromatic carbocycles. The van der Waals surface area contributed by atoms with Gasteiger partial charge in [0.15, 0.2) is 5.13 Å². The van der Waals surface area contributed by atoms with Crippen LogP contribution in [0, 0.1) is 0 Å². The van der Waals surface area contributed by atoms with Gasteiger partial charge in [-0.25, -0.2) is 4.98 Å². The fourth-order valence-electron chi connectivity index (χ4n) is 3.87. The first-order valence-corrected chi connectivity index (χ1v) is 11.3. The smallest absolute Gasteiger partial charge is 0.248 e. The van der Waals surface area contributed by atoms with E-state index in [1.165, 1.54) is 11.3 Å². The molecule has 0 spiro atoms. The van der Waals surface area contributed by atoms with Gasteiger partial charge in [0.25, 0.3) is 0 Å². The van der Waals surface area contributed by atoms with Gasteiger partial charge >= 0.3 is 0 Å². The first-order valence-electron chi connectivity index (χ1n) is 10.4. The molecule has 0 bridgehead atoms. The zero-order valence-electron chi connectivity index (χ0n) is 18.0. The second-order valence-corrected chi connectivity index (χ2v) is 8.36. The molecule has 3 aromatic rings. The summed E-state index contributed by atoms with van der Waals surface area (Å²) in [5.41, 5.74) is 2.41. The zero-order chi connectivity index (χ0) is 22.5. The highest BCUT2D eigenvalue weighted by Crippen LogP contribution is 2.35. The van der Waals surface area contributed by atoms with Gasteiger partial charge in [0.05, 0.1) is 26.3 Å². The van der Waals surface area contributed by atoms with Crippen LogP contribution in [0.15, 0.2) is 53.9 Å². The Morgan fingerprint density at radius 3 is 2.72 bits per heavy atom. The van der Waals surface area contributed by atoms with Gasteiger partial charge in [-0.15, -0.1) is 11.3 Å². The predicted octanol–water partition coefficient (Wildman–Crippen LogP) is 4.00. The molecule has 0 aliphatic carbocycles. The van der Waals surface area contributed by atoms with Gasteiger partial charge in [0, 0.05) is 17.5 Å². The summed E-state index contributed by atoms with van der Waals surface area (Å²) in [4.78, 5) is 32.0. The van der Waals surface area contributed by atoms with E-state index < -0.39 is 6.04 Å². The van der Waals surface area contributed by atoms with Gasteiger partial charge in [-0.1, -0.05) is 30.3 Å². The Labute approximate surface area is 191 Å². The van der Waals surface area contributed by atoms with Crippen molar-refractivity contribution in [3.63, 3.8) is 0 Å². The van der Waals surface area contributed by atoms with Crippen LogP contribution in [0.1, 0.15) is 18.4 Å². The number of hydrogen-bond acceptors (Lipinski definition) is 6. The molecule has 1 fully saturated rings. The highest BCUT2D eigenvalue weighted by Gasteiger charge is 2.34. The Morgan fingerprint density at radius 2 is 1.97 bits per heavy atom. The topological polar surface area (TPSA) is 80.8 Å². The molecule has 7 nitrogen and oxygen atoms in total. The van der Waals surface area contributed by atoms with Crippen LogP contribution in [0.25, 0.3) is 11.3 Å². The molecule has 8 heteroatoms. The van der Waals surface area contributed by atoms with Gasteiger partial charge in [-0.3, -0.25) is 9.59 Å². The highest BCUT2D eigenvalue weighted by atomic mass is 32.1. The minimum absolute atomic E-state index is 0.0326. The van der Waals surface area contributed by atoms with Gasteiger partial charge in [-0.05, 0) is 36.6 Å². The first-order chi connectivity index (χ1) is 15.6. The molecule has 1 atom stereocenters. The minimum Gasteiger partial charge on any atom is -0.497 e. The van der Waals surface area contributed by atoms with Crippen molar-refractivity contribution in [1.82, 2.24) is 9.88 Å². The number of likely N-dealkylation sites (tertiary alicyclic amines) is 1. The van der Waals surface area contributed by atoms with Crippen molar-refractivity contribution in [3.8, 4) is 22.8 Å². The lowest BCUT2D eigenvalue weighted by molar-refractivity contribution is -0.136. The number of nitrogens with one attached hydrogen (secondary N) is 1. The fraction of sp³-hybridized carbons (Fsp3) is 0.292. The molecule has 1 aliphatic heterocycles. The Morgan fingerprint density at radius 1 is 1.16 bits per heavy atom. The molecule has 1 unspecified atom stereocenters. The number of hydrogen-bond donors (Lipinski definition) is 1. The molecule has 1 N–H and O–H groups in total. The third-order valence-electron chi connectivity index (χ3n) is 5.49. The van der Waals surface area contributed by atoms with Crippen LogP contribution < -0.4 is 14.8 Å². The molecular weight excluding hydrogens is 426 g/mol. The SMILES string of the molecule is COc1ccc(OC)c(-c2csc(NC(=O)C3CCCN3C(=O)Cc3ccccc3)n2)c1. The number of carbonyl (C=O) groups excluding carboxylic acids is 2. The maximum absolute atomic E-state index is 13.0. The van der Waals surface area contributed by atoms with E-state index in [1.54, 1.807) is 19.1 Å². The van der Waals surface area contributed by atoms with Crippen LogP contribution in [0.5, 0.6) is 11.5 Å². The molecule has 0 saturated carbocycles. The molecule has 32 heavy (non-hydrogen) atoms. The van der Waals surface area contributed by atoms with Crippen LogP contribution in [0.2, 0.25) is 0 Å². The van der Waals surface area contributed by atoms with Gasteiger partial charge in [-0.2, -0.15) is 0 Å². The van der Waals surface area contributed by atoms with E-state index in [-0.39, 0.29) is 11.8 Å². The first kappa shape index (κ1) is 21.8. The molecule has 0 radical (unpaired) electrons. The van der Waals surface area contributed by atoms with E-state index in [9.17, 15) is 9.59 Å². The number of ether oxygens (including phenoxy) is 2. The van der Waals surface area contributed by atoms with E-state index in [0.717, 1.165) is 17.5 Å². The number of rotatable bonds is 7. The molecule has 4 rings (SSSR count). The van der Waals surface area contributed by atoms with E-state index in [0.29, 0.717) is 41.7 Å². The molecule has 1 saturated heterocycles. The van der Waals surface area contributed by atoms with E-state index in [1.807, 2.05) is 53.9 Å². The average Bonchev–Trinajstić information content (AvgIpc) is 3.49. The molecule has 166 valence electrons. The lowest BCUT2D eigenvalue weighted by atomic mass is 10.1. The number of aromatic nitrogens is 1. The van der Waals surface area contributed by atoms with Crippen LogP contribution >= 0.6 is 11.3 Å². The monoisotopic (exact) mass is 451 g/mol. The third kappa shape index (κ3) is 4.75. The van der Waals surface area contributed by atoms with Gasteiger partial charge in [0.2, 0.25) is 11.8 Å². The maximum atomic E-state index is 13.0. The molecule has 2 amide bonds. The highest BCUT2D eigenvalue weighted by molar-refractivity contribution is 7.14. The van der Waals surface area contributed by atoms with Gasteiger partial charge in [0.1, 0.15) is 17.5 Å². The number of nitrogens with zero attached hydrogens (tertiary/aromatic N) is 2. The molecule has 2 heterocycles. The number of methoxy groups -OCH3 is 2. The number of thiazole rings is 1. The van der Waals surface area contributed by atoms with Crippen molar-refractivity contribution < 1.29 is 19.1 Å².